The van der Waals surface area contributed by atoms with Crippen LogP contribution in [-0.4, -0.2) is 18.7 Å². The molecule has 0 rings (SSSR count). The molecule has 0 aromatic heterocycles. The van der Waals surface area contributed by atoms with Gasteiger partial charge in [0.15, 0.2) is 0 Å². The standard InChI is InChI=1S/C6H11NO3S/c1-3-6(4-5(2)7)11(8,9)10/h4,7H,3H2,1-2H3,(H,8,9,10)/b6-4+,7-5?. The minimum absolute atomic E-state index is 0.111. The molecule has 0 aromatic carbocycles. The number of nitrogens with one attached hydrogen (secondary N) is 1. The predicted molar refractivity (Wildman–Crippen MR) is 43.3 cm³/mol. The summed E-state index contributed by atoms with van der Waals surface area (Å²) in [6.45, 7) is 3.05. The second kappa shape index (κ2) is 3.64. The lowest BCUT2D eigenvalue weighted by Gasteiger charge is -1.97. The molecule has 0 aliphatic heterocycles. The molecular formula is C6H11NO3S. The van der Waals surface area contributed by atoms with E-state index in [1.165, 1.54) is 6.92 Å². The first-order chi connectivity index (χ1) is 4.88. The first kappa shape index (κ1) is 10.3. The molecule has 0 amide bonds. The van der Waals surface area contributed by atoms with Crippen LogP contribution in [0, 0.1) is 5.41 Å². The van der Waals surface area contributed by atoms with E-state index in [0.29, 0.717) is 0 Å². The molecule has 5 heteroatoms. The molecule has 0 saturated carbocycles. The van der Waals surface area contributed by atoms with Crippen molar-refractivity contribution in [2.75, 3.05) is 0 Å². The zero-order valence-electron chi connectivity index (χ0n) is 6.46. The lowest BCUT2D eigenvalue weighted by atomic mass is 10.3. The molecule has 0 radical (unpaired) electrons. The minimum Gasteiger partial charge on any atom is -0.306 e. The highest BCUT2D eigenvalue weighted by Crippen LogP contribution is 2.07. The number of hydrogen-bond acceptors (Lipinski definition) is 3. The molecule has 4 nitrogen and oxygen atoms in total. The van der Waals surface area contributed by atoms with Crippen LogP contribution in [0.3, 0.4) is 0 Å². The van der Waals surface area contributed by atoms with E-state index in [9.17, 15) is 8.42 Å². The largest absolute Gasteiger partial charge is 0.306 e. The van der Waals surface area contributed by atoms with Gasteiger partial charge in [0.05, 0.1) is 4.91 Å². The Bertz CT molecular complexity index is 276. The minimum atomic E-state index is -4.09. The van der Waals surface area contributed by atoms with Crippen molar-refractivity contribution >= 4 is 15.8 Å². The highest BCUT2D eigenvalue weighted by atomic mass is 32.2. The van der Waals surface area contributed by atoms with Gasteiger partial charge < -0.3 is 5.41 Å². The quantitative estimate of drug-likeness (QED) is 0.502. The Morgan fingerprint density at radius 1 is 1.64 bits per heavy atom. The highest BCUT2D eigenvalue weighted by molar-refractivity contribution is 7.89. The Hall–Kier alpha value is -0.680. The van der Waals surface area contributed by atoms with E-state index in [-0.39, 0.29) is 17.0 Å². The van der Waals surface area contributed by atoms with Crippen molar-refractivity contribution in [3.8, 4) is 0 Å². The van der Waals surface area contributed by atoms with E-state index >= 15 is 0 Å². The van der Waals surface area contributed by atoms with Crippen LogP contribution in [0.15, 0.2) is 11.0 Å². The van der Waals surface area contributed by atoms with Crippen molar-refractivity contribution in [2.24, 2.45) is 0 Å². The number of allylic oxidation sites excluding steroid dienone is 2. The van der Waals surface area contributed by atoms with E-state index in [1.54, 1.807) is 6.92 Å². The topological polar surface area (TPSA) is 78.2 Å². The molecule has 0 saturated heterocycles. The summed E-state index contributed by atoms with van der Waals surface area (Å²) in [7, 11) is -4.09. The van der Waals surface area contributed by atoms with Gasteiger partial charge in [-0.1, -0.05) is 6.92 Å². The molecule has 0 fully saturated rings. The van der Waals surface area contributed by atoms with Gasteiger partial charge in [-0.25, -0.2) is 0 Å². The molecule has 0 bridgehead atoms. The van der Waals surface area contributed by atoms with Gasteiger partial charge in [-0.15, -0.1) is 0 Å². The molecule has 0 aromatic rings. The summed E-state index contributed by atoms with van der Waals surface area (Å²) in [6.07, 6.45) is 1.34. The van der Waals surface area contributed by atoms with Crippen LogP contribution in [0.1, 0.15) is 20.3 Å². The Labute approximate surface area is 66.2 Å². The third kappa shape index (κ3) is 3.90. The zero-order valence-corrected chi connectivity index (χ0v) is 7.27. The molecule has 11 heavy (non-hydrogen) atoms. The van der Waals surface area contributed by atoms with Crippen LogP contribution >= 0.6 is 0 Å². The van der Waals surface area contributed by atoms with Crippen LogP contribution in [0.4, 0.5) is 0 Å². The summed E-state index contributed by atoms with van der Waals surface area (Å²) < 4.78 is 29.5. The molecule has 0 atom stereocenters. The molecule has 0 unspecified atom stereocenters. The summed E-state index contributed by atoms with van der Waals surface area (Å²) in [5, 5.41) is 6.96. The fourth-order valence-electron chi connectivity index (χ4n) is 0.600. The third-order valence-electron chi connectivity index (χ3n) is 1.06. The van der Waals surface area contributed by atoms with Crippen molar-refractivity contribution in [3.05, 3.63) is 11.0 Å². The molecule has 0 spiro atoms. The van der Waals surface area contributed by atoms with Gasteiger partial charge in [0, 0.05) is 5.71 Å². The lowest BCUT2D eigenvalue weighted by molar-refractivity contribution is 0.489. The molecular weight excluding hydrogens is 166 g/mol. The lowest BCUT2D eigenvalue weighted by Crippen LogP contribution is -2.02. The summed E-state index contributed by atoms with van der Waals surface area (Å²) in [5.41, 5.74) is 0.111. The van der Waals surface area contributed by atoms with Gasteiger partial charge in [-0.2, -0.15) is 8.42 Å². The van der Waals surface area contributed by atoms with Crippen LogP contribution in [-0.2, 0) is 10.1 Å². The molecule has 0 aliphatic rings. The predicted octanol–water partition coefficient (Wildman–Crippen LogP) is 1.21. The van der Waals surface area contributed by atoms with E-state index in [4.69, 9.17) is 9.96 Å². The van der Waals surface area contributed by atoms with Crippen molar-refractivity contribution < 1.29 is 13.0 Å². The van der Waals surface area contributed by atoms with Gasteiger partial charge in [0.1, 0.15) is 0 Å². The Morgan fingerprint density at radius 3 is 2.18 bits per heavy atom. The van der Waals surface area contributed by atoms with Crippen LogP contribution < -0.4 is 0 Å². The molecule has 0 aliphatic carbocycles. The average molecular weight is 177 g/mol. The van der Waals surface area contributed by atoms with Crippen molar-refractivity contribution in [1.82, 2.24) is 0 Å². The van der Waals surface area contributed by atoms with Crippen molar-refractivity contribution in [3.63, 3.8) is 0 Å². The number of hydrogen-bond donors (Lipinski definition) is 2. The van der Waals surface area contributed by atoms with Gasteiger partial charge in [0.2, 0.25) is 0 Å². The maximum absolute atomic E-state index is 10.5. The molecule has 64 valence electrons. The molecule has 0 heterocycles. The second-order valence-corrected chi connectivity index (χ2v) is 3.60. The fourth-order valence-corrected chi connectivity index (χ4v) is 1.29. The average Bonchev–Trinajstić information content (AvgIpc) is 1.79. The smallest absolute Gasteiger partial charge is 0.290 e. The van der Waals surface area contributed by atoms with Gasteiger partial charge >= 0.3 is 0 Å². The van der Waals surface area contributed by atoms with Gasteiger partial charge in [-0.05, 0) is 19.4 Å². The normalized spacial score (nSPS) is 13.2. The first-order valence-electron chi connectivity index (χ1n) is 3.11. The maximum atomic E-state index is 10.5. The van der Waals surface area contributed by atoms with Crippen LogP contribution in [0.25, 0.3) is 0 Å². The first-order valence-corrected chi connectivity index (χ1v) is 4.55. The van der Waals surface area contributed by atoms with Crippen molar-refractivity contribution in [2.45, 2.75) is 20.3 Å². The summed E-state index contributed by atoms with van der Waals surface area (Å²) in [5.74, 6) is 0. The third-order valence-corrected chi connectivity index (χ3v) is 2.13. The SMILES string of the molecule is CC/C(=C\C(C)=N)S(=O)(=O)O. The fraction of sp³-hybridized carbons (Fsp3) is 0.500. The van der Waals surface area contributed by atoms with E-state index in [1.807, 2.05) is 0 Å². The van der Waals surface area contributed by atoms with Gasteiger partial charge in [-0.3, -0.25) is 4.55 Å². The summed E-state index contributed by atoms with van der Waals surface area (Å²) in [4.78, 5) is -0.120. The Kier molecular flexibility index (Phi) is 3.41. The Balaban J connectivity index is 4.84. The number of rotatable bonds is 3. The van der Waals surface area contributed by atoms with Gasteiger partial charge in [0.25, 0.3) is 10.1 Å². The van der Waals surface area contributed by atoms with E-state index < -0.39 is 10.1 Å². The highest BCUT2D eigenvalue weighted by Gasteiger charge is 2.10. The van der Waals surface area contributed by atoms with Crippen LogP contribution in [0.5, 0.6) is 0 Å². The van der Waals surface area contributed by atoms with E-state index in [2.05, 4.69) is 0 Å². The summed E-state index contributed by atoms with van der Waals surface area (Å²) in [6, 6.07) is 0. The Morgan fingerprint density at radius 2 is 2.09 bits per heavy atom. The monoisotopic (exact) mass is 177 g/mol. The van der Waals surface area contributed by atoms with Crippen molar-refractivity contribution in [1.29, 1.82) is 5.41 Å². The maximum Gasteiger partial charge on any atom is 0.290 e. The zero-order chi connectivity index (χ0) is 9.07. The second-order valence-electron chi connectivity index (χ2n) is 2.12. The molecule has 2 N–H and O–H groups in total. The van der Waals surface area contributed by atoms with Crippen LogP contribution in [0.2, 0.25) is 0 Å². The summed E-state index contributed by atoms with van der Waals surface area (Å²) >= 11 is 0. The van der Waals surface area contributed by atoms with E-state index in [0.717, 1.165) is 6.08 Å².